The standard InChI is InChI=1S/C11H21N3O2/c1-11(2,10(12)16)14-9(15)6-8-4-3-5-13-7-8/h8,13H,3-7H2,1-2H3,(H2,12,16)(H,14,15). The first-order chi connectivity index (χ1) is 7.42. The van der Waals surface area contributed by atoms with Crippen LogP contribution in [0, 0.1) is 5.92 Å². The molecule has 0 aliphatic carbocycles. The van der Waals surface area contributed by atoms with Gasteiger partial charge in [-0.3, -0.25) is 9.59 Å². The molecule has 0 aromatic rings. The lowest BCUT2D eigenvalue weighted by molar-refractivity contribution is -0.130. The van der Waals surface area contributed by atoms with Crippen molar-refractivity contribution in [2.24, 2.45) is 11.7 Å². The molecule has 16 heavy (non-hydrogen) atoms. The molecule has 5 nitrogen and oxygen atoms in total. The van der Waals surface area contributed by atoms with Gasteiger partial charge in [-0.15, -0.1) is 0 Å². The molecular weight excluding hydrogens is 206 g/mol. The zero-order chi connectivity index (χ0) is 12.2. The van der Waals surface area contributed by atoms with Crippen molar-refractivity contribution in [1.29, 1.82) is 0 Å². The number of carbonyl (C=O) groups is 2. The van der Waals surface area contributed by atoms with Crippen molar-refractivity contribution >= 4 is 11.8 Å². The van der Waals surface area contributed by atoms with Crippen LogP contribution in [0.5, 0.6) is 0 Å². The average molecular weight is 227 g/mol. The van der Waals surface area contributed by atoms with Gasteiger partial charge >= 0.3 is 0 Å². The third-order valence-electron chi connectivity index (χ3n) is 2.94. The third-order valence-corrected chi connectivity index (χ3v) is 2.94. The van der Waals surface area contributed by atoms with Crippen LogP contribution in [0.2, 0.25) is 0 Å². The van der Waals surface area contributed by atoms with E-state index in [4.69, 9.17) is 5.73 Å². The fourth-order valence-electron chi connectivity index (χ4n) is 1.82. The molecule has 0 aromatic carbocycles. The molecule has 0 spiro atoms. The maximum absolute atomic E-state index is 11.7. The van der Waals surface area contributed by atoms with Crippen molar-refractivity contribution in [2.45, 2.75) is 38.6 Å². The Morgan fingerprint density at radius 3 is 2.69 bits per heavy atom. The summed E-state index contributed by atoms with van der Waals surface area (Å²) in [5, 5.41) is 5.92. The first-order valence-electron chi connectivity index (χ1n) is 5.73. The van der Waals surface area contributed by atoms with E-state index in [0.29, 0.717) is 12.3 Å². The minimum Gasteiger partial charge on any atom is -0.368 e. The summed E-state index contributed by atoms with van der Waals surface area (Å²) in [7, 11) is 0. The summed E-state index contributed by atoms with van der Waals surface area (Å²) in [5.41, 5.74) is 4.23. The van der Waals surface area contributed by atoms with E-state index in [1.807, 2.05) is 0 Å². The maximum atomic E-state index is 11.7. The molecule has 1 aliphatic heterocycles. The highest BCUT2D eigenvalue weighted by Gasteiger charge is 2.28. The van der Waals surface area contributed by atoms with E-state index in [1.165, 1.54) is 0 Å². The Kier molecular flexibility index (Phi) is 4.29. The summed E-state index contributed by atoms with van der Waals surface area (Å²) in [4.78, 5) is 22.7. The Labute approximate surface area is 96.1 Å². The largest absolute Gasteiger partial charge is 0.368 e. The number of hydrogen-bond acceptors (Lipinski definition) is 3. The lowest BCUT2D eigenvalue weighted by Crippen LogP contribution is -2.53. The molecule has 1 saturated heterocycles. The second-order valence-corrected chi connectivity index (χ2v) is 4.95. The summed E-state index contributed by atoms with van der Waals surface area (Å²) in [6, 6.07) is 0. The normalized spacial score (nSPS) is 21.5. The molecule has 0 bridgehead atoms. The number of primary amides is 1. The molecule has 2 amide bonds. The monoisotopic (exact) mass is 227 g/mol. The van der Waals surface area contributed by atoms with Crippen molar-refractivity contribution in [3.05, 3.63) is 0 Å². The summed E-state index contributed by atoms with van der Waals surface area (Å²) >= 11 is 0. The van der Waals surface area contributed by atoms with Gasteiger partial charge in [-0.2, -0.15) is 0 Å². The second-order valence-electron chi connectivity index (χ2n) is 4.95. The van der Waals surface area contributed by atoms with Crippen LogP contribution in [0.15, 0.2) is 0 Å². The number of carbonyl (C=O) groups excluding carboxylic acids is 2. The van der Waals surface area contributed by atoms with E-state index in [0.717, 1.165) is 25.9 Å². The van der Waals surface area contributed by atoms with Gasteiger partial charge in [0.05, 0.1) is 0 Å². The van der Waals surface area contributed by atoms with E-state index in [2.05, 4.69) is 10.6 Å². The Balaban J connectivity index is 2.37. The van der Waals surface area contributed by atoms with Crippen LogP contribution in [0.25, 0.3) is 0 Å². The minimum atomic E-state index is -0.959. The average Bonchev–Trinajstić information content (AvgIpc) is 2.17. The first-order valence-corrected chi connectivity index (χ1v) is 5.73. The van der Waals surface area contributed by atoms with E-state index in [1.54, 1.807) is 13.8 Å². The zero-order valence-corrected chi connectivity index (χ0v) is 10.0. The Bertz CT molecular complexity index is 270. The van der Waals surface area contributed by atoms with Crippen molar-refractivity contribution in [3.63, 3.8) is 0 Å². The van der Waals surface area contributed by atoms with Gasteiger partial charge in [-0.05, 0) is 45.7 Å². The van der Waals surface area contributed by atoms with Crippen LogP contribution in [-0.2, 0) is 9.59 Å². The fourth-order valence-corrected chi connectivity index (χ4v) is 1.82. The number of piperidine rings is 1. The lowest BCUT2D eigenvalue weighted by Gasteiger charge is -2.26. The second kappa shape index (κ2) is 5.30. The molecule has 1 unspecified atom stereocenters. The Morgan fingerprint density at radius 1 is 1.50 bits per heavy atom. The molecule has 1 rings (SSSR count). The van der Waals surface area contributed by atoms with E-state index in [9.17, 15) is 9.59 Å². The summed E-state index contributed by atoms with van der Waals surface area (Å²) in [5.74, 6) is -0.238. The topological polar surface area (TPSA) is 84.2 Å². The molecule has 1 aliphatic rings. The van der Waals surface area contributed by atoms with Gasteiger partial charge in [0, 0.05) is 6.42 Å². The molecule has 5 heteroatoms. The van der Waals surface area contributed by atoms with Crippen molar-refractivity contribution in [3.8, 4) is 0 Å². The predicted octanol–water partition coefficient (Wildman–Crippen LogP) is -0.244. The van der Waals surface area contributed by atoms with Gasteiger partial charge in [0.25, 0.3) is 0 Å². The molecule has 0 saturated carbocycles. The van der Waals surface area contributed by atoms with Gasteiger partial charge in [0.2, 0.25) is 11.8 Å². The van der Waals surface area contributed by atoms with E-state index >= 15 is 0 Å². The van der Waals surface area contributed by atoms with Crippen LogP contribution in [0.1, 0.15) is 33.1 Å². The highest BCUT2D eigenvalue weighted by atomic mass is 16.2. The number of amides is 2. The van der Waals surface area contributed by atoms with Crippen molar-refractivity contribution < 1.29 is 9.59 Å². The highest BCUT2D eigenvalue weighted by molar-refractivity contribution is 5.89. The minimum absolute atomic E-state index is 0.0995. The highest BCUT2D eigenvalue weighted by Crippen LogP contribution is 2.14. The van der Waals surface area contributed by atoms with Gasteiger partial charge < -0.3 is 16.4 Å². The van der Waals surface area contributed by atoms with E-state index in [-0.39, 0.29) is 5.91 Å². The molecule has 1 heterocycles. The van der Waals surface area contributed by atoms with Crippen molar-refractivity contribution in [1.82, 2.24) is 10.6 Å². The number of rotatable bonds is 4. The lowest BCUT2D eigenvalue weighted by atomic mass is 9.95. The number of nitrogens with two attached hydrogens (primary N) is 1. The van der Waals surface area contributed by atoms with Crippen LogP contribution >= 0.6 is 0 Å². The molecule has 1 atom stereocenters. The van der Waals surface area contributed by atoms with Gasteiger partial charge in [-0.1, -0.05) is 0 Å². The molecule has 4 N–H and O–H groups in total. The van der Waals surface area contributed by atoms with Gasteiger partial charge in [0.1, 0.15) is 5.54 Å². The predicted molar refractivity (Wildman–Crippen MR) is 61.6 cm³/mol. The Morgan fingerprint density at radius 2 is 2.19 bits per heavy atom. The van der Waals surface area contributed by atoms with Crippen LogP contribution in [0.4, 0.5) is 0 Å². The van der Waals surface area contributed by atoms with Crippen LogP contribution < -0.4 is 16.4 Å². The smallest absolute Gasteiger partial charge is 0.242 e. The third kappa shape index (κ3) is 3.81. The number of nitrogens with one attached hydrogen (secondary N) is 2. The molecule has 0 radical (unpaired) electrons. The van der Waals surface area contributed by atoms with Crippen LogP contribution in [0.3, 0.4) is 0 Å². The quantitative estimate of drug-likeness (QED) is 0.619. The summed E-state index contributed by atoms with van der Waals surface area (Å²) in [6.45, 7) is 5.15. The molecule has 92 valence electrons. The SMILES string of the molecule is CC(C)(NC(=O)CC1CCCNC1)C(N)=O. The molecular formula is C11H21N3O2. The summed E-state index contributed by atoms with van der Waals surface area (Å²) in [6.07, 6.45) is 2.64. The summed E-state index contributed by atoms with van der Waals surface area (Å²) < 4.78 is 0. The van der Waals surface area contributed by atoms with E-state index < -0.39 is 11.4 Å². The first kappa shape index (κ1) is 13.0. The van der Waals surface area contributed by atoms with Gasteiger partial charge in [-0.25, -0.2) is 0 Å². The maximum Gasteiger partial charge on any atom is 0.242 e. The van der Waals surface area contributed by atoms with Gasteiger partial charge in [0.15, 0.2) is 0 Å². The molecule has 1 fully saturated rings. The fraction of sp³-hybridized carbons (Fsp3) is 0.818. The van der Waals surface area contributed by atoms with Crippen LogP contribution in [-0.4, -0.2) is 30.4 Å². The zero-order valence-electron chi connectivity index (χ0n) is 10.0. The number of hydrogen-bond donors (Lipinski definition) is 3. The Hall–Kier alpha value is -1.10. The molecule has 0 aromatic heterocycles. The van der Waals surface area contributed by atoms with Crippen molar-refractivity contribution in [2.75, 3.05) is 13.1 Å².